The fraction of sp³-hybridized carbons (Fsp3) is 0.938. The van der Waals surface area contributed by atoms with Crippen molar-refractivity contribution < 1.29 is 4.79 Å². The molecule has 2 rings (SSSR count). The van der Waals surface area contributed by atoms with Crippen molar-refractivity contribution in [1.82, 2.24) is 10.6 Å². The Hall–Kier alpha value is -0.570. The van der Waals surface area contributed by atoms with Crippen LogP contribution in [-0.4, -0.2) is 24.0 Å². The van der Waals surface area contributed by atoms with E-state index in [1.807, 2.05) is 20.8 Å². The Kier molecular flexibility index (Phi) is 4.88. The molecule has 1 amide bonds. The van der Waals surface area contributed by atoms with Gasteiger partial charge < -0.3 is 10.6 Å². The van der Waals surface area contributed by atoms with Crippen LogP contribution in [0.15, 0.2) is 0 Å². The molecule has 0 aromatic rings. The second-order valence-corrected chi connectivity index (χ2v) is 7.03. The first-order valence-electron chi connectivity index (χ1n) is 8.07. The van der Waals surface area contributed by atoms with Crippen LogP contribution >= 0.6 is 0 Å². The van der Waals surface area contributed by atoms with Crippen LogP contribution in [0.2, 0.25) is 0 Å². The summed E-state index contributed by atoms with van der Waals surface area (Å²) in [5.74, 6) is 0.135. The average Bonchev–Trinajstić information content (AvgIpc) is 2.80. The Bertz CT molecular complexity index is 298. The zero-order chi connectivity index (χ0) is 13.9. The van der Waals surface area contributed by atoms with Gasteiger partial charge in [0.1, 0.15) is 0 Å². The van der Waals surface area contributed by atoms with Crippen LogP contribution in [0.5, 0.6) is 0 Å². The molecule has 19 heavy (non-hydrogen) atoms. The van der Waals surface area contributed by atoms with Crippen molar-refractivity contribution in [3.63, 3.8) is 0 Å². The lowest BCUT2D eigenvalue weighted by Crippen LogP contribution is -2.49. The van der Waals surface area contributed by atoms with Gasteiger partial charge in [-0.2, -0.15) is 0 Å². The van der Waals surface area contributed by atoms with Gasteiger partial charge in [0, 0.05) is 12.1 Å². The molecule has 2 aliphatic rings. The first-order chi connectivity index (χ1) is 9.01. The van der Waals surface area contributed by atoms with Crippen LogP contribution < -0.4 is 10.6 Å². The molecule has 0 aromatic carbocycles. The van der Waals surface area contributed by atoms with E-state index in [2.05, 4.69) is 10.6 Å². The molecule has 1 unspecified atom stereocenters. The largest absolute Gasteiger partial charge is 0.353 e. The van der Waals surface area contributed by atoms with Crippen molar-refractivity contribution in [2.75, 3.05) is 0 Å². The quantitative estimate of drug-likeness (QED) is 0.821. The number of hydrogen-bond acceptors (Lipinski definition) is 2. The normalized spacial score (nSPS) is 24.8. The van der Waals surface area contributed by atoms with Crippen LogP contribution in [0.1, 0.15) is 72.1 Å². The molecule has 1 spiro atoms. The molecule has 2 saturated carbocycles. The molecule has 2 fully saturated rings. The molecule has 2 aliphatic carbocycles. The smallest absolute Gasteiger partial charge is 0.237 e. The van der Waals surface area contributed by atoms with E-state index < -0.39 is 0 Å². The predicted molar refractivity (Wildman–Crippen MR) is 79.0 cm³/mol. The molecule has 2 N–H and O–H groups in total. The maximum Gasteiger partial charge on any atom is 0.237 e. The first-order valence-corrected chi connectivity index (χ1v) is 8.07. The van der Waals surface area contributed by atoms with E-state index >= 15 is 0 Å². The van der Waals surface area contributed by atoms with Gasteiger partial charge >= 0.3 is 0 Å². The Morgan fingerprint density at radius 2 is 1.63 bits per heavy atom. The third kappa shape index (κ3) is 3.95. The summed E-state index contributed by atoms with van der Waals surface area (Å²) in [4.78, 5) is 11.9. The number of hydrogen-bond donors (Lipinski definition) is 2. The topological polar surface area (TPSA) is 41.1 Å². The minimum absolute atomic E-state index is 0.0648. The first kappa shape index (κ1) is 14.8. The monoisotopic (exact) mass is 266 g/mol. The second kappa shape index (κ2) is 6.25. The summed E-state index contributed by atoms with van der Waals surface area (Å²) in [6, 6.07) is 0.703. The van der Waals surface area contributed by atoms with Crippen LogP contribution in [0.3, 0.4) is 0 Å². The molecule has 3 heteroatoms. The predicted octanol–water partition coefficient (Wildman–Crippen LogP) is 2.99. The zero-order valence-corrected chi connectivity index (χ0v) is 12.8. The Labute approximate surface area is 117 Å². The number of nitrogens with one attached hydrogen (secondary N) is 2. The van der Waals surface area contributed by atoms with Crippen LogP contribution in [-0.2, 0) is 4.79 Å². The number of rotatable bonds is 4. The summed E-state index contributed by atoms with van der Waals surface area (Å²) in [6.45, 7) is 6.00. The second-order valence-electron chi connectivity index (χ2n) is 7.03. The number of carbonyl (C=O) groups is 1. The standard InChI is InChI=1S/C16H30N2O/c1-12(2)17-15(19)13(3)18-14-6-10-16(11-7-14)8-4-5-9-16/h12-14,18H,4-11H2,1-3H3,(H,17,19). The van der Waals surface area contributed by atoms with Crippen molar-refractivity contribution in [2.24, 2.45) is 5.41 Å². The third-order valence-electron chi connectivity index (χ3n) is 5.02. The lowest BCUT2D eigenvalue weighted by atomic mass is 9.71. The lowest BCUT2D eigenvalue weighted by molar-refractivity contribution is -0.123. The molecule has 1 atom stereocenters. The number of amides is 1. The summed E-state index contributed by atoms with van der Waals surface area (Å²) >= 11 is 0. The molecular formula is C16H30N2O. The van der Waals surface area contributed by atoms with Gasteiger partial charge in [0.05, 0.1) is 6.04 Å². The van der Waals surface area contributed by atoms with E-state index in [1.165, 1.54) is 51.4 Å². The molecule has 0 aromatic heterocycles. The van der Waals surface area contributed by atoms with Crippen molar-refractivity contribution in [2.45, 2.75) is 90.3 Å². The molecule has 110 valence electrons. The van der Waals surface area contributed by atoms with Crippen molar-refractivity contribution in [3.05, 3.63) is 0 Å². The highest BCUT2D eigenvalue weighted by Crippen LogP contribution is 2.48. The zero-order valence-electron chi connectivity index (χ0n) is 12.8. The summed E-state index contributed by atoms with van der Waals surface area (Å²) in [6.07, 6.45) is 11.0. The van der Waals surface area contributed by atoms with Crippen LogP contribution in [0, 0.1) is 5.41 Å². The molecule has 0 radical (unpaired) electrons. The SMILES string of the molecule is CC(C)NC(=O)C(C)NC1CCC2(CCCC2)CC1. The minimum atomic E-state index is -0.0648. The molecule has 0 saturated heterocycles. The Morgan fingerprint density at radius 1 is 1.05 bits per heavy atom. The van der Waals surface area contributed by atoms with E-state index in [0.717, 1.165) is 0 Å². The van der Waals surface area contributed by atoms with E-state index in [1.54, 1.807) is 0 Å². The summed E-state index contributed by atoms with van der Waals surface area (Å²) < 4.78 is 0. The minimum Gasteiger partial charge on any atom is -0.353 e. The van der Waals surface area contributed by atoms with Crippen molar-refractivity contribution in [1.29, 1.82) is 0 Å². The van der Waals surface area contributed by atoms with Gasteiger partial charge in [0.15, 0.2) is 0 Å². The van der Waals surface area contributed by atoms with Gasteiger partial charge in [0.25, 0.3) is 0 Å². The maximum atomic E-state index is 11.9. The van der Waals surface area contributed by atoms with Gasteiger partial charge in [-0.1, -0.05) is 12.8 Å². The highest BCUT2D eigenvalue weighted by Gasteiger charge is 2.37. The van der Waals surface area contributed by atoms with E-state index in [0.29, 0.717) is 11.5 Å². The van der Waals surface area contributed by atoms with Gasteiger partial charge in [0.2, 0.25) is 5.91 Å². The lowest BCUT2D eigenvalue weighted by Gasteiger charge is -2.38. The van der Waals surface area contributed by atoms with E-state index in [4.69, 9.17) is 0 Å². The summed E-state index contributed by atoms with van der Waals surface area (Å²) in [5.41, 5.74) is 0.682. The fourth-order valence-electron chi connectivity index (χ4n) is 3.86. The van der Waals surface area contributed by atoms with Crippen molar-refractivity contribution >= 4 is 5.91 Å². The summed E-state index contributed by atoms with van der Waals surface area (Å²) in [7, 11) is 0. The summed E-state index contributed by atoms with van der Waals surface area (Å²) in [5, 5.41) is 6.50. The van der Waals surface area contributed by atoms with Gasteiger partial charge in [-0.25, -0.2) is 0 Å². The molecule has 3 nitrogen and oxygen atoms in total. The maximum absolute atomic E-state index is 11.9. The number of carbonyl (C=O) groups excluding carboxylic acids is 1. The molecular weight excluding hydrogens is 236 g/mol. The van der Waals surface area contributed by atoms with Gasteiger partial charge in [-0.3, -0.25) is 4.79 Å². The Balaban J connectivity index is 1.74. The molecule has 0 bridgehead atoms. The van der Waals surface area contributed by atoms with E-state index in [9.17, 15) is 4.79 Å². The highest BCUT2D eigenvalue weighted by molar-refractivity contribution is 5.81. The van der Waals surface area contributed by atoms with Crippen LogP contribution in [0.25, 0.3) is 0 Å². The van der Waals surface area contributed by atoms with Crippen LogP contribution in [0.4, 0.5) is 0 Å². The molecule has 0 heterocycles. The molecule has 0 aliphatic heterocycles. The average molecular weight is 266 g/mol. The van der Waals surface area contributed by atoms with Gasteiger partial charge in [-0.15, -0.1) is 0 Å². The van der Waals surface area contributed by atoms with Gasteiger partial charge in [-0.05, 0) is 64.7 Å². The highest BCUT2D eigenvalue weighted by atomic mass is 16.2. The Morgan fingerprint density at radius 3 is 2.16 bits per heavy atom. The van der Waals surface area contributed by atoms with Crippen molar-refractivity contribution in [3.8, 4) is 0 Å². The fourth-order valence-corrected chi connectivity index (χ4v) is 3.86. The third-order valence-corrected chi connectivity index (χ3v) is 5.02. The van der Waals surface area contributed by atoms with E-state index in [-0.39, 0.29) is 18.0 Å².